The number of aliphatic hydroxyl groups is 1. The van der Waals surface area contributed by atoms with Crippen LogP contribution in [-0.4, -0.2) is 35.0 Å². The first-order chi connectivity index (χ1) is 17.4. The largest absolute Gasteiger partial charge is 0.507 e. The molecule has 1 saturated heterocycles. The fourth-order valence-corrected chi connectivity index (χ4v) is 5.34. The van der Waals surface area contributed by atoms with Crippen molar-refractivity contribution in [3.05, 3.63) is 89.0 Å². The topological polar surface area (TPSA) is 89.0 Å². The van der Waals surface area contributed by atoms with Gasteiger partial charge in [-0.05, 0) is 54.1 Å². The molecule has 6 rings (SSSR count). The van der Waals surface area contributed by atoms with Gasteiger partial charge in [0.2, 0.25) is 0 Å². The fourth-order valence-electron chi connectivity index (χ4n) is 4.33. The summed E-state index contributed by atoms with van der Waals surface area (Å²) in [5.41, 5.74) is 0.896. The van der Waals surface area contributed by atoms with Gasteiger partial charge in [0.05, 0.1) is 21.8 Å². The van der Waals surface area contributed by atoms with Gasteiger partial charge in [-0.3, -0.25) is 14.5 Å². The van der Waals surface area contributed by atoms with Crippen molar-refractivity contribution in [2.24, 2.45) is 0 Å². The Morgan fingerprint density at radius 1 is 0.944 bits per heavy atom. The predicted octanol–water partition coefficient (Wildman–Crippen LogP) is 4.97. The molecule has 2 aliphatic heterocycles. The second kappa shape index (κ2) is 8.42. The number of thiazole rings is 1. The molecule has 3 aromatic carbocycles. The summed E-state index contributed by atoms with van der Waals surface area (Å²) >= 11 is 1.03. The van der Waals surface area contributed by atoms with E-state index in [2.05, 4.69) is 4.98 Å². The monoisotopic (exact) mass is 506 g/mol. The highest BCUT2D eigenvalue weighted by molar-refractivity contribution is 7.22. The number of rotatable bonds is 3. The number of halogens is 2. The smallest absolute Gasteiger partial charge is 0.301 e. The van der Waals surface area contributed by atoms with Gasteiger partial charge in [-0.2, -0.15) is 0 Å². The third kappa shape index (κ3) is 3.57. The highest BCUT2D eigenvalue weighted by Crippen LogP contribution is 2.45. The number of amides is 1. The Kier molecular flexibility index (Phi) is 5.18. The van der Waals surface area contributed by atoms with Crippen LogP contribution in [0.2, 0.25) is 0 Å². The van der Waals surface area contributed by atoms with Gasteiger partial charge in [0.25, 0.3) is 5.78 Å². The maximum atomic E-state index is 13.8. The Labute approximate surface area is 206 Å². The molecule has 3 heterocycles. The van der Waals surface area contributed by atoms with E-state index < -0.39 is 35.1 Å². The summed E-state index contributed by atoms with van der Waals surface area (Å²) in [7, 11) is 0. The molecule has 1 unspecified atom stereocenters. The molecule has 0 spiro atoms. The first-order valence-corrected chi connectivity index (χ1v) is 11.7. The molecular weight excluding hydrogens is 490 g/mol. The van der Waals surface area contributed by atoms with Crippen LogP contribution in [0.25, 0.3) is 16.0 Å². The van der Waals surface area contributed by atoms with Gasteiger partial charge < -0.3 is 14.6 Å². The number of ketones is 1. The van der Waals surface area contributed by atoms with Crippen molar-refractivity contribution >= 4 is 44.1 Å². The lowest BCUT2D eigenvalue weighted by Crippen LogP contribution is -2.29. The molecule has 2 aliphatic rings. The second-order valence-electron chi connectivity index (χ2n) is 8.19. The maximum absolute atomic E-state index is 13.8. The number of hydrogen-bond donors (Lipinski definition) is 1. The number of Topliss-reactive ketones (excluding diaryl/α,β-unsaturated/α-hetero) is 1. The molecule has 180 valence electrons. The first kappa shape index (κ1) is 22.2. The molecular formula is C26H16F2N2O5S. The molecule has 1 atom stereocenters. The molecule has 4 aromatic rings. The van der Waals surface area contributed by atoms with Crippen LogP contribution < -0.4 is 14.4 Å². The van der Waals surface area contributed by atoms with Gasteiger partial charge >= 0.3 is 5.91 Å². The molecule has 0 radical (unpaired) electrons. The van der Waals surface area contributed by atoms with E-state index in [4.69, 9.17) is 9.47 Å². The lowest BCUT2D eigenvalue weighted by molar-refractivity contribution is -0.132. The molecule has 7 nitrogen and oxygen atoms in total. The average molecular weight is 506 g/mol. The number of aliphatic hydroxyl groups excluding tert-OH is 1. The molecule has 10 heteroatoms. The van der Waals surface area contributed by atoms with Crippen LogP contribution in [0.1, 0.15) is 17.2 Å². The lowest BCUT2D eigenvalue weighted by atomic mass is 9.95. The second-order valence-corrected chi connectivity index (χ2v) is 9.20. The summed E-state index contributed by atoms with van der Waals surface area (Å²) < 4.78 is 39.1. The summed E-state index contributed by atoms with van der Waals surface area (Å²) in [6.45, 7) is 0.718. The zero-order valence-electron chi connectivity index (χ0n) is 18.4. The van der Waals surface area contributed by atoms with Crippen molar-refractivity contribution in [2.75, 3.05) is 18.1 Å². The summed E-state index contributed by atoms with van der Waals surface area (Å²) in [5.74, 6) is -2.34. The van der Waals surface area contributed by atoms with Gasteiger partial charge in [-0.1, -0.05) is 23.5 Å². The van der Waals surface area contributed by atoms with Gasteiger partial charge in [0.1, 0.15) is 30.6 Å². The number of anilines is 1. The summed E-state index contributed by atoms with van der Waals surface area (Å²) in [5, 5.41) is 11.4. The predicted molar refractivity (Wildman–Crippen MR) is 128 cm³/mol. The summed E-state index contributed by atoms with van der Waals surface area (Å²) in [6, 6.07) is 12.9. The van der Waals surface area contributed by atoms with Crippen molar-refractivity contribution in [1.29, 1.82) is 0 Å². The number of fused-ring (bicyclic) bond motifs is 2. The molecule has 1 fully saturated rings. The Balaban J connectivity index is 1.54. The van der Waals surface area contributed by atoms with E-state index in [9.17, 15) is 23.5 Å². The van der Waals surface area contributed by atoms with E-state index in [1.807, 2.05) is 0 Å². The minimum atomic E-state index is -1.09. The molecule has 0 bridgehead atoms. The van der Waals surface area contributed by atoms with E-state index in [0.717, 1.165) is 16.2 Å². The molecule has 1 aromatic heterocycles. The van der Waals surface area contributed by atoms with Gasteiger partial charge in [0.15, 0.2) is 16.6 Å². The van der Waals surface area contributed by atoms with Crippen molar-refractivity contribution in [1.82, 2.24) is 4.98 Å². The van der Waals surface area contributed by atoms with E-state index in [1.165, 1.54) is 48.5 Å². The molecule has 1 N–H and O–H groups in total. The standard InChI is InChI=1S/C26H16F2N2O5S/c27-15-4-1-13(2-5-15)22-21(23(31)14-3-8-18-19(11-14)35-10-9-34-18)24(32)25(33)30(22)26-29-17-7-6-16(28)12-20(17)36-26/h1-8,11-12,22,31H,9-10H2. The summed E-state index contributed by atoms with van der Waals surface area (Å²) in [4.78, 5) is 32.2. The normalized spacial score (nSPS) is 18.7. The minimum absolute atomic E-state index is 0.147. The number of carbonyl (C=O) groups is 2. The minimum Gasteiger partial charge on any atom is -0.507 e. The van der Waals surface area contributed by atoms with Crippen LogP contribution in [0.5, 0.6) is 11.5 Å². The highest BCUT2D eigenvalue weighted by atomic mass is 32.1. The SMILES string of the molecule is O=C1C(=O)N(c2nc3ccc(F)cc3s2)C(c2ccc(F)cc2)C1=C(O)c1ccc2c(c1)OCCO2. The highest BCUT2D eigenvalue weighted by Gasteiger charge is 2.48. The van der Waals surface area contributed by atoms with Crippen LogP contribution in [0, 0.1) is 11.6 Å². The summed E-state index contributed by atoms with van der Waals surface area (Å²) in [6.07, 6.45) is 0. The Morgan fingerprint density at radius 3 is 2.44 bits per heavy atom. The number of aromatic nitrogens is 1. The van der Waals surface area contributed by atoms with E-state index in [0.29, 0.717) is 40.5 Å². The third-order valence-electron chi connectivity index (χ3n) is 5.99. The lowest BCUT2D eigenvalue weighted by Gasteiger charge is -2.23. The number of ether oxygens (including phenoxy) is 2. The third-order valence-corrected chi connectivity index (χ3v) is 7.01. The number of benzene rings is 3. The van der Waals surface area contributed by atoms with Gasteiger partial charge in [-0.25, -0.2) is 13.8 Å². The van der Waals surface area contributed by atoms with Crippen molar-refractivity contribution < 1.29 is 33.0 Å². The van der Waals surface area contributed by atoms with E-state index in [-0.39, 0.29) is 16.3 Å². The number of nitrogens with zero attached hydrogens (tertiary/aromatic N) is 2. The fraction of sp³-hybridized carbons (Fsp3) is 0.115. The van der Waals surface area contributed by atoms with Crippen LogP contribution in [0.3, 0.4) is 0 Å². The Morgan fingerprint density at radius 2 is 1.67 bits per heavy atom. The molecule has 0 aliphatic carbocycles. The first-order valence-electron chi connectivity index (χ1n) is 10.9. The van der Waals surface area contributed by atoms with E-state index >= 15 is 0 Å². The average Bonchev–Trinajstić information content (AvgIpc) is 3.41. The van der Waals surface area contributed by atoms with Gasteiger partial charge in [-0.15, -0.1) is 0 Å². The van der Waals surface area contributed by atoms with Crippen LogP contribution in [-0.2, 0) is 9.59 Å². The number of hydrogen-bond acceptors (Lipinski definition) is 7. The van der Waals surface area contributed by atoms with Crippen molar-refractivity contribution in [2.45, 2.75) is 6.04 Å². The number of carbonyl (C=O) groups excluding carboxylic acids is 2. The Hall–Kier alpha value is -4.31. The van der Waals surface area contributed by atoms with Crippen molar-refractivity contribution in [3.63, 3.8) is 0 Å². The van der Waals surface area contributed by atoms with Crippen molar-refractivity contribution in [3.8, 4) is 11.5 Å². The molecule has 1 amide bonds. The maximum Gasteiger partial charge on any atom is 0.301 e. The molecule has 36 heavy (non-hydrogen) atoms. The van der Waals surface area contributed by atoms with Crippen LogP contribution in [0.15, 0.2) is 66.2 Å². The zero-order chi connectivity index (χ0) is 25.0. The van der Waals surface area contributed by atoms with Gasteiger partial charge in [0, 0.05) is 5.56 Å². The molecule has 0 saturated carbocycles. The zero-order valence-corrected chi connectivity index (χ0v) is 19.2. The van der Waals surface area contributed by atoms with E-state index in [1.54, 1.807) is 12.1 Å². The quantitative estimate of drug-likeness (QED) is 0.240. The van der Waals surface area contributed by atoms with Crippen LogP contribution in [0.4, 0.5) is 13.9 Å². The van der Waals surface area contributed by atoms with Crippen LogP contribution >= 0.6 is 11.3 Å². The Bertz CT molecular complexity index is 1580.